The van der Waals surface area contributed by atoms with Crippen molar-refractivity contribution in [3.8, 4) is 6.07 Å². The average molecular weight is 447 g/mol. The monoisotopic (exact) mass is 446 g/mol. The zero-order valence-corrected chi connectivity index (χ0v) is 18.6. The normalized spacial score (nSPS) is 18.4. The Morgan fingerprint density at radius 1 is 1.12 bits per heavy atom. The van der Waals surface area contributed by atoms with E-state index in [0.717, 1.165) is 12.1 Å². The number of nitrogens with zero attached hydrogens (tertiary/aromatic N) is 6. The number of hydrazone groups is 1. The van der Waals surface area contributed by atoms with Crippen LogP contribution in [0.25, 0.3) is 0 Å². The second kappa shape index (κ2) is 10.1. The van der Waals surface area contributed by atoms with Crippen LogP contribution in [0.1, 0.15) is 25.3 Å². The lowest BCUT2D eigenvalue weighted by Crippen LogP contribution is -2.46. The SMILES string of the molecule is CCOC(=O)C1=NN(c2ccccc2)C(C(=O)N2CCCN(c3ncccc3C#N)CC2)C1. The summed E-state index contributed by atoms with van der Waals surface area (Å²) in [5, 5.41) is 15.5. The molecule has 4 rings (SSSR count). The second-order valence-corrected chi connectivity index (χ2v) is 7.82. The van der Waals surface area contributed by atoms with Gasteiger partial charge in [-0.05, 0) is 37.6 Å². The Balaban J connectivity index is 1.51. The standard InChI is InChI=1S/C24H26N6O3/c1-2-33-24(32)20-16-21(30(27-20)19-9-4-3-5-10-19)23(31)29-13-7-12-28(14-15-29)22-18(17-25)8-6-11-26-22/h3-6,8-11,21H,2,7,12-16H2,1H3. The highest BCUT2D eigenvalue weighted by Crippen LogP contribution is 2.27. The number of para-hydroxylation sites is 1. The minimum atomic E-state index is -0.608. The average Bonchev–Trinajstić information content (AvgIpc) is 3.16. The van der Waals surface area contributed by atoms with Crippen molar-refractivity contribution < 1.29 is 14.3 Å². The molecule has 1 fully saturated rings. The molecule has 1 aromatic carbocycles. The zero-order valence-electron chi connectivity index (χ0n) is 18.6. The summed E-state index contributed by atoms with van der Waals surface area (Å²) in [4.78, 5) is 34.2. The van der Waals surface area contributed by atoms with Gasteiger partial charge in [-0.25, -0.2) is 9.78 Å². The molecular formula is C24H26N6O3. The fourth-order valence-corrected chi connectivity index (χ4v) is 4.16. The van der Waals surface area contributed by atoms with Crippen LogP contribution in [0.4, 0.5) is 11.5 Å². The highest BCUT2D eigenvalue weighted by molar-refractivity contribution is 6.38. The molecular weight excluding hydrogens is 420 g/mol. The number of aromatic nitrogens is 1. The summed E-state index contributed by atoms with van der Waals surface area (Å²) in [6, 6.07) is 14.5. The van der Waals surface area contributed by atoms with Gasteiger partial charge in [0.1, 0.15) is 23.6 Å². The molecule has 0 bridgehead atoms. The molecule has 0 saturated carbocycles. The van der Waals surface area contributed by atoms with E-state index in [0.29, 0.717) is 37.6 Å². The lowest BCUT2D eigenvalue weighted by Gasteiger charge is -2.29. The third kappa shape index (κ3) is 4.80. The van der Waals surface area contributed by atoms with Gasteiger partial charge in [0.05, 0.1) is 17.9 Å². The van der Waals surface area contributed by atoms with Crippen LogP contribution >= 0.6 is 0 Å². The van der Waals surface area contributed by atoms with Gasteiger partial charge >= 0.3 is 5.97 Å². The number of rotatable bonds is 5. The minimum Gasteiger partial charge on any atom is -0.461 e. The Hall–Kier alpha value is -3.93. The molecule has 0 aliphatic carbocycles. The van der Waals surface area contributed by atoms with Gasteiger partial charge in [-0.3, -0.25) is 9.80 Å². The number of esters is 1. The van der Waals surface area contributed by atoms with E-state index in [-0.39, 0.29) is 24.6 Å². The van der Waals surface area contributed by atoms with Gasteiger partial charge in [0, 0.05) is 38.8 Å². The molecule has 3 heterocycles. The van der Waals surface area contributed by atoms with Crippen LogP contribution in [0.15, 0.2) is 53.8 Å². The molecule has 2 aliphatic heterocycles. The van der Waals surface area contributed by atoms with Crippen molar-refractivity contribution >= 4 is 29.1 Å². The molecule has 0 spiro atoms. The number of anilines is 2. The number of carbonyl (C=O) groups excluding carboxylic acids is 2. The Labute approximate surface area is 192 Å². The summed E-state index contributed by atoms with van der Waals surface area (Å²) in [6.45, 7) is 4.34. The number of carbonyl (C=O) groups is 2. The van der Waals surface area contributed by atoms with E-state index in [1.54, 1.807) is 30.3 Å². The highest BCUT2D eigenvalue weighted by atomic mass is 16.5. The fraction of sp³-hybridized carbons (Fsp3) is 0.375. The van der Waals surface area contributed by atoms with Gasteiger partial charge in [0.25, 0.3) is 0 Å². The topological polar surface area (TPSA) is 102 Å². The molecule has 2 aromatic rings. The fourth-order valence-electron chi connectivity index (χ4n) is 4.16. The van der Waals surface area contributed by atoms with Crippen LogP contribution in [0.3, 0.4) is 0 Å². The summed E-state index contributed by atoms with van der Waals surface area (Å²) < 4.78 is 5.13. The Morgan fingerprint density at radius 2 is 1.94 bits per heavy atom. The quantitative estimate of drug-likeness (QED) is 0.649. The van der Waals surface area contributed by atoms with Crippen molar-refractivity contribution in [3.05, 3.63) is 54.2 Å². The minimum absolute atomic E-state index is 0.0784. The highest BCUT2D eigenvalue weighted by Gasteiger charge is 2.39. The molecule has 0 N–H and O–H groups in total. The Kier molecular flexibility index (Phi) is 6.83. The summed E-state index contributed by atoms with van der Waals surface area (Å²) in [5.74, 6) is 0.0780. The van der Waals surface area contributed by atoms with Crippen molar-refractivity contribution in [1.29, 1.82) is 5.26 Å². The Bertz CT molecular complexity index is 1080. The van der Waals surface area contributed by atoms with E-state index in [9.17, 15) is 14.9 Å². The first-order chi connectivity index (χ1) is 16.1. The van der Waals surface area contributed by atoms with Crippen molar-refractivity contribution in [2.75, 3.05) is 42.7 Å². The van der Waals surface area contributed by atoms with Crippen LogP contribution in [0, 0.1) is 11.3 Å². The van der Waals surface area contributed by atoms with Crippen LogP contribution in [-0.2, 0) is 14.3 Å². The molecule has 9 heteroatoms. The summed E-state index contributed by atoms with van der Waals surface area (Å²) in [7, 11) is 0. The van der Waals surface area contributed by atoms with Gasteiger partial charge < -0.3 is 14.5 Å². The predicted octanol–water partition coefficient (Wildman–Crippen LogP) is 2.19. The second-order valence-electron chi connectivity index (χ2n) is 7.82. The molecule has 2 aliphatic rings. The van der Waals surface area contributed by atoms with E-state index in [1.807, 2.05) is 35.2 Å². The molecule has 9 nitrogen and oxygen atoms in total. The molecule has 1 atom stereocenters. The van der Waals surface area contributed by atoms with Gasteiger partial charge in [-0.2, -0.15) is 10.4 Å². The van der Waals surface area contributed by atoms with Crippen molar-refractivity contribution in [2.45, 2.75) is 25.8 Å². The molecule has 1 amide bonds. The molecule has 1 unspecified atom stereocenters. The van der Waals surface area contributed by atoms with Crippen molar-refractivity contribution in [3.63, 3.8) is 0 Å². The molecule has 170 valence electrons. The third-order valence-corrected chi connectivity index (χ3v) is 5.74. The van der Waals surface area contributed by atoms with Crippen molar-refractivity contribution in [2.24, 2.45) is 5.10 Å². The molecule has 33 heavy (non-hydrogen) atoms. The van der Waals surface area contributed by atoms with E-state index < -0.39 is 12.0 Å². The van der Waals surface area contributed by atoms with E-state index in [1.165, 1.54) is 0 Å². The Morgan fingerprint density at radius 3 is 2.70 bits per heavy atom. The smallest absolute Gasteiger partial charge is 0.354 e. The van der Waals surface area contributed by atoms with Gasteiger partial charge in [0.15, 0.2) is 0 Å². The van der Waals surface area contributed by atoms with E-state index in [2.05, 4.69) is 21.1 Å². The number of pyridine rings is 1. The number of benzene rings is 1. The lowest BCUT2D eigenvalue weighted by atomic mass is 10.1. The summed E-state index contributed by atoms with van der Waals surface area (Å²) >= 11 is 0. The van der Waals surface area contributed by atoms with Crippen LogP contribution in [0.2, 0.25) is 0 Å². The first kappa shape index (κ1) is 22.3. The molecule has 1 aromatic heterocycles. The number of amides is 1. The number of nitriles is 1. The van der Waals surface area contributed by atoms with Gasteiger partial charge in [0.2, 0.25) is 5.91 Å². The maximum Gasteiger partial charge on any atom is 0.354 e. The van der Waals surface area contributed by atoms with Crippen LogP contribution in [-0.4, -0.2) is 66.3 Å². The number of ether oxygens (including phenoxy) is 1. The number of hydrogen-bond acceptors (Lipinski definition) is 8. The van der Waals surface area contributed by atoms with Crippen LogP contribution in [0.5, 0.6) is 0 Å². The van der Waals surface area contributed by atoms with Crippen LogP contribution < -0.4 is 9.91 Å². The predicted molar refractivity (Wildman–Crippen MR) is 124 cm³/mol. The summed E-state index contributed by atoms with van der Waals surface area (Å²) in [5.41, 5.74) is 1.53. The summed E-state index contributed by atoms with van der Waals surface area (Å²) in [6.07, 6.45) is 2.62. The van der Waals surface area contributed by atoms with E-state index >= 15 is 0 Å². The first-order valence-corrected chi connectivity index (χ1v) is 11.1. The third-order valence-electron chi connectivity index (χ3n) is 5.74. The number of hydrogen-bond donors (Lipinski definition) is 0. The van der Waals surface area contributed by atoms with Gasteiger partial charge in [-0.15, -0.1) is 0 Å². The zero-order chi connectivity index (χ0) is 23.2. The molecule has 1 saturated heterocycles. The maximum absolute atomic E-state index is 13.6. The van der Waals surface area contributed by atoms with Gasteiger partial charge in [-0.1, -0.05) is 18.2 Å². The largest absolute Gasteiger partial charge is 0.461 e. The molecule has 0 radical (unpaired) electrons. The first-order valence-electron chi connectivity index (χ1n) is 11.1. The maximum atomic E-state index is 13.6. The van der Waals surface area contributed by atoms with E-state index in [4.69, 9.17) is 4.74 Å². The lowest BCUT2D eigenvalue weighted by molar-refractivity contribution is -0.135. The van der Waals surface area contributed by atoms with Crippen molar-refractivity contribution in [1.82, 2.24) is 9.88 Å².